The third kappa shape index (κ3) is 2.18. The van der Waals surface area contributed by atoms with Crippen LogP contribution in [0.25, 0.3) is 11.4 Å². The van der Waals surface area contributed by atoms with Crippen molar-refractivity contribution in [1.29, 1.82) is 0 Å². The van der Waals surface area contributed by atoms with Crippen LogP contribution < -0.4 is 5.73 Å². The van der Waals surface area contributed by atoms with Crippen molar-refractivity contribution >= 4 is 11.6 Å². The summed E-state index contributed by atoms with van der Waals surface area (Å²) in [5, 5.41) is 9.04. The maximum atomic E-state index is 6.01. The molecule has 0 aliphatic heterocycles. The number of rotatable bonds is 3. The molecule has 90 valence electrons. The van der Waals surface area contributed by atoms with Crippen LogP contribution in [0.3, 0.4) is 0 Å². The molecule has 1 aromatic carbocycles. The molecule has 0 unspecified atom stereocenters. The summed E-state index contributed by atoms with van der Waals surface area (Å²) in [4.78, 5) is 0. The Morgan fingerprint density at radius 3 is 2.71 bits per heavy atom. The lowest BCUT2D eigenvalue weighted by Gasteiger charge is -2.07. The Morgan fingerprint density at radius 1 is 1.35 bits per heavy atom. The van der Waals surface area contributed by atoms with E-state index < -0.39 is 0 Å². The molecule has 0 fully saturated rings. The van der Waals surface area contributed by atoms with E-state index in [0.717, 1.165) is 34.3 Å². The summed E-state index contributed by atoms with van der Waals surface area (Å²) < 4.78 is 2.02. The van der Waals surface area contributed by atoms with Crippen LogP contribution in [-0.2, 0) is 13.1 Å². The molecular weight excluding hydrogens is 236 g/mol. The Kier molecular flexibility index (Phi) is 3.45. The molecular formula is C12H15ClN4. The molecule has 2 N–H and O–H groups in total. The van der Waals surface area contributed by atoms with E-state index in [1.165, 1.54) is 0 Å². The third-order valence-corrected chi connectivity index (χ3v) is 3.17. The van der Waals surface area contributed by atoms with Gasteiger partial charge < -0.3 is 10.3 Å². The number of aromatic nitrogens is 3. The minimum Gasteiger partial charge on any atom is -0.324 e. The van der Waals surface area contributed by atoms with Gasteiger partial charge in [-0.05, 0) is 37.6 Å². The van der Waals surface area contributed by atoms with Gasteiger partial charge in [-0.1, -0.05) is 11.6 Å². The Morgan fingerprint density at radius 2 is 2.12 bits per heavy atom. The summed E-state index contributed by atoms with van der Waals surface area (Å²) in [6.45, 7) is 5.22. The molecule has 1 heterocycles. The number of hydrogen-bond donors (Lipinski definition) is 1. The highest BCUT2D eigenvalue weighted by molar-refractivity contribution is 6.31. The van der Waals surface area contributed by atoms with E-state index in [-0.39, 0.29) is 0 Å². The molecule has 0 bridgehead atoms. The topological polar surface area (TPSA) is 56.7 Å². The Bertz CT molecular complexity index is 533. The van der Waals surface area contributed by atoms with Crippen LogP contribution in [0, 0.1) is 6.92 Å². The molecule has 4 nitrogen and oxygen atoms in total. The zero-order valence-electron chi connectivity index (χ0n) is 9.94. The third-order valence-electron chi connectivity index (χ3n) is 2.74. The molecule has 0 aliphatic rings. The van der Waals surface area contributed by atoms with Gasteiger partial charge in [-0.3, -0.25) is 0 Å². The number of nitrogens with two attached hydrogens (primary N) is 1. The van der Waals surface area contributed by atoms with Gasteiger partial charge in [0.2, 0.25) is 0 Å². The second kappa shape index (κ2) is 4.85. The average Bonchev–Trinajstić information content (AvgIpc) is 2.75. The van der Waals surface area contributed by atoms with Crippen molar-refractivity contribution in [2.75, 3.05) is 0 Å². The van der Waals surface area contributed by atoms with Crippen LogP contribution in [-0.4, -0.2) is 14.8 Å². The van der Waals surface area contributed by atoms with Gasteiger partial charge in [-0.15, -0.1) is 10.2 Å². The summed E-state index contributed by atoms with van der Waals surface area (Å²) in [6, 6.07) is 5.84. The summed E-state index contributed by atoms with van der Waals surface area (Å²) in [7, 11) is 0. The first-order valence-electron chi connectivity index (χ1n) is 5.56. The predicted octanol–water partition coefficient (Wildman–Crippen LogP) is 2.39. The van der Waals surface area contributed by atoms with E-state index in [1.807, 2.05) is 29.7 Å². The van der Waals surface area contributed by atoms with Gasteiger partial charge in [0.1, 0.15) is 5.82 Å². The molecule has 0 atom stereocenters. The van der Waals surface area contributed by atoms with E-state index in [1.54, 1.807) is 0 Å². The van der Waals surface area contributed by atoms with Gasteiger partial charge in [0.05, 0.1) is 6.54 Å². The first kappa shape index (κ1) is 12.1. The van der Waals surface area contributed by atoms with Gasteiger partial charge in [-0.25, -0.2) is 0 Å². The van der Waals surface area contributed by atoms with Gasteiger partial charge in [0.15, 0.2) is 5.82 Å². The summed E-state index contributed by atoms with van der Waals surface area (Å²) in [5.74, 6) is 1.64. The highest BCUT2D eigenvalue weighted by atomic mass is 35.5. The van der Waals surface area contributed by atoms with E-state index >= 15 is 0 Å². The number of halogens is 1. The van der Waals surface area contributed by atoms with Crippen LogP contribution >= 0.6 is 11.6 Å². The summed E-state index contributed by atoms with van der Waals surface area (Å²) in [6.07, 6.45) is 0. The lowest BCUT2D eigenvalue weighted by Crippen LogP contribution is -2.08. The molecule has 2 aromatic rings. The van der Waals surface area contributed by atoms with Crippen LogP contribution in [0.2, 0.25) is 5.02 Å². The normalized spacial score (nSPS) is 10.8. The zero-order valence-corrected chi connectivity index (χ0v) is 10.7. The second-order valence-electron chi connectivity index (χ2n) is 3.85. The molecule has 0 amide bonds. The van der Waals surface area contributed by atoms with Crippen molar-refractivity contribution in [2.45, 2.75) is 26.9 Å². The summed E-state index contributed by atoms with van der Waals surface area (Å²) in [5.41, 5.74) is 7.67. The van der Waals surface area contributed by atoms with Crippen molar-refractivity contribution in [2.24, 2.45) is 5.73 Å². The molecule has 0 spiro atoms. The number of benzene rings is 1. The van der Waals surface area contributed by atoms with Crippen molar-refractivity contribution in [3.05, 3.63) is 34.6 Å². The number of aryl methyl sites for hydroxylation is 1. The van der Waals surface area contributed by atoms with Crippen molar-refractivity contribution in [3.63, 3.8) is 0 Å². The number of hydrogen-bond acceptors (Lipinski definition) is 3. The highest BCUT2D eigenvalue weighted by Crippen LogP contribution is 2.23. The van der Waals surface area contributed by atoms with Crippen LogP contribution in [0.5, 0.6) is 0 Å². The van der Waals surface area contributed by atoms with E-state index in [2.05, 4.69) is 17.1 Å². The lowest BCUT2D eigenvalue weighted by molar-refractivity contribution is 0.704. The van der Waals surface area contributed by atoms with E-state index in [0.29, 0.717) is 6.54 Å². The lowest BCUT2D eigenvalue weighted by atomic mass is 10.1. The minimum atomic E-state index is 0.396. The Balaban J connectivity index is 2.52. The van der Waals surface area contributed by atoms with Gasteiger partial charge >= 0.3 is 0 Å². The van der Waals surface area contributed by atoms with Crippen LogP contribution in [0.4, 0.5) is 0 Å². The molecule has 0 radical (unpaired) electrons. The summed E-state index contributed by atoms with van der Waals surface area (Å²) >= 11 is 6.01. The minimum absolute atomic E-state index is 0.396. The maximum Gasteiger partial charge on any atom is 0.163 e. The fourth-order valence-corrected chi connectivity index (χ4v) is 1.93. The van der Waals surface area contributed by atoms with Gasteiger partial charge in [0.25, 0.3) is 0 Å². The monoisotopic (exact) mass is 250 g/mol. The highest BCUT2D eigenvalue weighted by Gasteiger charge is 2.11. The van der Waals surface area contributed by atoms with Crippen molar-refractivity contribution < 1.29 is 0 Å². The van der Waals surface area contributed by atoms with Crippen LogP contribution in [0.15, 0.2) is 18.2 Å². The number of nitrogens with zero attached hydrogens (tertiary/aromatic N) is 3. The first-order chi connectivity index (χ1) is 8.17. The maximum absolute atomic E-state index is 6.01. The van der Waals surface area contributed by atoms with Crippen molar-refractivity contribution in [3.8, 4) is 11.4 Å². The molecule has 0 saturated carbocycles. The fourth-order valence-electron chi connectivity index (χ4n) is 1.82. The second-order valence-corrected chi connectivity index (χ2v) is 4.26. The molecule has 5 heteroatoms. The molecule has 2 rings (SSSR count). The average molecular weight is 251 g/mol. The molecule has 0 saturated heterocycles. The van der Waals surface area contributed by atoms with Gasteiger partial charge in [-0.2, -0.15) is 0 Å². The van der Waals surface area contributed by atoms with E-state index in [4.69, 9.17) is 17.3 Å². The van der Waals surface area contributed by atoms with E-state index in [9.17, 15) is 0 Å². The smallest absolute Gasteiger partial charge is 0.163 e. The molecule has 0 aliphatic carbocycles. The molecule has 17 heavy (non-hydrogen) atoms. The van der Waals surface area contributed by atoms with Gasteiger partial charge in [0, 0.05) is 17.1 Å². The Labute approximate surface area is 105 Å². The SMILES string of the molecule is CCn1c(CN)nnc1-c1ccc(Cl)c(C)c1. The van der Waals surface area contributed by atoms with Crippen LogP contribution in [0.1, 0.15) is 18.3 Å². The Hall–Kier alpha value is -1.39. The largest absolute Gasteiger partial charge is 0.324 e. The molecule has 1 aromatic heterocycles. The quantitative estimate of drug-likeness (QED) is 0.910. The first-order valence-corrected chi connectivity index (χ1v) is 5.93. The standard InChI is InChI=1S/C12H15ClN4/c1-3-17-11(7-14)15-16-12(17)9-4-5-10(13)8(2)6-9/h4-6H,3,7,14H2,1-2H3. The fraction of sp³-hybridized carbons (Fsp3) is 0.333. The van der Waals surface area contributed by atoms with Crippen molar-refractivity contribution in [1.82, 2.24) is 14.8 Å². The zero-order chi connectivity index (χ0) is 12.4. The predicted molar refractivity (Wildman–Crippen MR) is 68.8 cm³/mol.